The predicted molar refractivity (Wildman–Crippen MR) is 71.6 cm³/mol. The lowest BCUT2D eigenvalue weighted by atomic mass is 10.1. The third kappa shape index (κ3) is 3.99. The average molecular weight is 258 g/mol. The van der Waals surface area contributed by atoms with Gasteiger partial charge in [0.05, 0.1) is 11.6 Å². The highest BCUT2D eigenvalue weighted by Crippen LogP contribution is 2.24. The van der Waals surface area contributed by atoms with Crippen LogP contribution in [-0.2, 0) is 4.79 Å². The van der Waals surface area contributed by atoms with Gasteiger partial charge in [-0.05, 0) is 49.4 Å². The van der Waals surface area contributed by atoms with Crippen molar-refractivity contribution in [2.24, 2.45) is 5.92 Å². The van der Waals surface area contributed by atoms with Gasteiger partial charge in [-0.3, -0.25) is 4.79 Å². The van der Waals surface area contributed by atoms with Gasteiger partial charge in [0.1, 0.15) is 5.75 Å². The third-order valence-corrected chi connectivity index (χ3v) is 3.41. The Hall–Kier alpha value is -2.02. The van der Waals surface area contributed by atoms with Crippen LogP contribution in [0.15, 0.2) is 24.3 Å². The molecule has 0 saturated heterocycles. The highest BCUT2D eigenvalue weighted by atomic mass is 16.5. The number of ether oxygens (including phenoxy) is 1. The molecule has 2 unspecified atom stereocenters. The fourth-order valence-electron chi connectivity index (χ4n) is 2.38. The minimum absolute atomic E-state index is 0.0246. The molecule has 1 aliphatic carbocycles. The highest BCUT2D eigenvalue weighted by molar-refractivity contribution is 5.77. The number of amides is 1. The molecule has 1 aromatic carbocycles. The summed E-state index contributed by atoms with van der Waals surface area (Å²) < 4.78 is 5.38. The first kappa shape index (κ1) is 13.4. The number of carbonyl (C=O) groups excluding carboxylic acids is 1. The highest BCUT2D eigenvalue weighted by Gasteiger charge is 2.22. The molecular weight excluding hydrogens is 240 g/mol. The van der Waals surface area contributed by atoms with E-state index in [0.717, 1.165) is 12.8 Å². The van der Waals surface area contributed by atoms with Crippen LogP contribution in [0.1, 0.15) is 31.7 Å². The minimum Gasteiger partial charge on any atom is -0.484 e. The van der Waals surface area contributed by atoms with Gasteiger partial charge in [0, 0.05) is 6.04 Å². The lowest BCUT2D eigenvalue weighted by molar-refractivity contribution is -0.123. The van der Waals surface area contributed by atoms with Crippen LogP contribution in [0.2, 0.25) is 0 Å². The number of nitrogens with zero attached hydrogens (tertiary/aromatic N) is 1. The topological polar surface area (TPSA) is 62.1 Å². The smallest absolute Gasteiger partial charge is 0.258 e. The average Bonchev–Trinajstić information content (AvgIpc) is 2.82. The molecule has 1 amide bonds. The van der Waals surface area contributed by atoms with E-state index >= 15 is 0 Å². The Bertz CT molecular complexity index is 476. The number of hydrogen-bond acceptors (Lipinski definition) is 3. The van der Waals surface area contributed by atoms with Gasteiger partial charge in [-0.1, -0.05) is 6.92 Å². The van der Waals surface area contributed by atoms with Gasteiger partial charge in [-0.2, -0.15) is 5.26 Å². The first-order valence-electron chi connectivity index (χ1n) is 6.59. The van der Waals surface area contributed by atoms with Crippen molar-refractivity contribution in [1.82, 2.24) is 5.32 Å². The molecule has 1 fully saturated rings. The number of nitrogens with one attached hydrogen (secondary N) is 1. The van der Waals surface area contributed by atoms with Crippen molar-refractivity contribution >= 4 is 5.91 Å². The van der Waals surface area contributed by atoms with Crippen molar-refractivity contribution < 1.29 is 9.53 Å². The van der Waals surface area contributed by atoms with Gasteiger partial charge < -0.3 is 10.1 Å². The van der Waals surface area contributed by atoms with Gasteiger partial charge in [0.15, 0.2) is 6.61 Å². The molecule has 0 aliphatic heterocycles. The van der Waals surface area contributed by atoms with Crippen LogP contribution in [0.5, 0.6) is 5.75 Å². The molecule has 4 nitrogen and oxygen atoms in total. The van der Waals surface area contributed by atoms with Crippen molar-refractivity contribution in [3.63, 3.8) is 0 Å². The fourth-order valence-corrected chi connectivity index (χ4v) is 2.38. The summed E-state index contributed by atoms with van der Waals surface area (Å²) in [7, 11) is 0. The molecule has 1 saturated carbocycles. The maximum absolute atomic E-state index is 11.7. The molecule has 0 heterocycles. The van der Waals surface area contributed by atoms with E-state index < -0.39 is 0 Å². The quantitative estimate of drug-likeness (QED) is 0.901. The van der Waals surface area contributed by atoms with Crippen LogP contribution in [0.25, 0.3) is 0 Å². The first-order chi connectivity index (χ1) is 9.17. The largest absolute Gasteiger partial charge is 0.484 e. The van der Waals surface area contributed by atoms with Gasteiger partial charge in [0.25, 0.3) is 5.91 Å². The summed E-state index contributed by atoms with van der Waals surface area (Å²) in [6.07, 6.45) is 3.30. The lowest BCUT2D eigenvalue weighted by Gasteiger charge is -2.13. The summed E-state index contributed by atoms with van der Waals surface area (Å²) in [5.41, 5.74) is 0.580. The number of benzene rings is 1. The second-order valence-corrected chi connectivity index (χ2v) is 5.11. The molecular formula is C15H18N2O2. The third-order valence-electron chi connectivity index (χ3n) is 3.41. The van der Waals surface area contributed by atoms with Gasteiger partial charge >= 0.3 is 0 Å². The summed E-state index contributed by atoms with van der Waals surface area (Å²) >= 11 is 0. The molecule has 0 radical (unpaired) electrons. The van der Waals surface area contributed by atoms with E-state index in [-0.39, 0.29) is 12.5 Å². The molecule has 1 aliphatic rings. The predicted octanol–water partition coefficient (Wildman–Crippen LogP) is 2.24. The van der Waals surface area contributed by atoms with Crippen LogP contribution in [0, 0.1) is 17.2 Å². The minimum atomic E-state index is -0.0801. The van der Waals surface area contributed by atoms with Gasteiger partial charge in [0.2, 0.25) is 0 Å². The van der Waals surface area contributed by atoms with Crippen molar-refractivity contribution in [3.05, 3.63) is 29.8 Å². The molecule has 4 heteroatoms. The number of nitriles is 1. The van der Waals surface area contributed by atoms with Crippen LogP contribution in [0.4, 0.5) is 0 Å². The Kier molecular flexibility index (Phi) is 4.40. The maximum atomic E-state index is 11.7. The zero-order valence-corrected chi connectivity index (χ0v) is 11.1. The Morgan fingerprint density at radius 2 is 2.16 bits per heavy atom. The lowest BCUT2D eigenvalue weighted by Crippen LogP contribution is -2.36. The van der Waals surface area contributed by atoms with Crippen LogP contribution in [0.3, 0.4) is 0 Å². The van der Waals surface area contributed by atoms with Gasteiger partial charge in [-0.25, -0.2) is 0 Å². The van der Waals surface area contributed by atoms with Crippen LogP contribution in [-0.4, -0.2) is 18.6 Å². The zero-order chi connectivity index (χ0) is 13.7. The van der Waals surface area contributed by atoms with E-state index in [0.29, 0.717) is 23.3 Å². The number of hydrogen-bond donors (Lipinski definition) is 1. The number of rotatable bonds is 4. The molecule has 1 N–H and O–H groups in total. The van der Waals surface area contributed by atoms with E-state index in [2.05, 4.69) is 12.2 Å². The molecule has 2 atom stereocenters. The fraction of sp³-hybridized carbons (Fsp3) is 0.467. The van der Waals surface area contributed by atoms with Crippen molar-refractivity contribution in [1.29, 1.82) is 5.26 Å². The molecule has 1 aromatic rings. The van der Waals surface area contributed by atoms with E-state index in [9.17, 15) is 4.79 Å². The Morgan fingerprint density at radius 3 is 2.74 bits per heavy atom. The molecule has 100 valence electrons. The van der Waals surface area contributed by atoms with Crippen molar-refractivity contribution in [2.45, 2.75) is 32.2 Å². The molecule has 0 spiro atoms. The van der Waals surface area contributed by atoms with E-state index in [1.165, 1.54) is 6.42 Å². The summed E-state index contributed by atoms with van der Waals surface area (Å²) in [6.45, 7) is 2.23. The van der Waals surface area contributed by atoms with Crippen molar-refractivity contribution in [2.75, 3.05) is 6.61 Å². The standard InChI is InChI=1S/C15H18N2O2/c1-11-2-5-13(8-11)17-15(18)10-19-14-6-3-12(9-16)4-7-14/h3-4,6-7,11,13H,2,5,8,10H2,1H3,(H,17,18). The summed E-state index contributed by atoms with van der Waals surface area (Å²) in [6, 6.07) is 9.08. The van der Waals surface area contributed by atoms with E-state index in [1.54, 1.807) is 24.3 Å². The second kappa shape index (κ2) is 6.24. The van der Waals surface area contributed by atoms with E-state index in [1.807, 2.05) is 6.07 Å². The molecule has 19 heavy (non-hydrogen) atoms. The SMILES string of the molecule is CC1CCC(NC(=O)COc2ccc(C#N)cc2)C1. The number of carbonyl (C=O) groups is 1. The second-order valence-electron chi connectivity index (χ2n) is 5.11. The summed E-state index contributed by atoms with van der Waals surface area (Å²) in [5.74, 6) is 1.22. The Labute approximate surface area is 113 Å². The summed E-state index contributed by atoms with van der Waals surface area (Å²) in [5, 5.41) is 11.7. The van der Waals surface area contributed by atoms with E-state index in [4.69, 9.17) is 10.00 Å². The first-order valence-corrected chi connectivity index (χ1v) is 6.59. The maximum Gasteiger partial charge on any atom is 0.258 e. The molecule has 0 aromatic heterocycles. The zero-order valence-electron chi connectivity index (χ0n) is 11.1. The summed E-state index contributed by atoms with van der Waals surface area (Å²) in [4.78, 5) is 11.7. The van der Waals surface area contributed by atoms with Crippen LogP contribution < -0.4 is 10.1 Å². The normalized spacial score (nSPS) is 21.7. The van der Waals surface area contributed by atoms with Crippen molar-refractivity contribution in [3.8, 4) is 11.8 Å². The van der Waals surface area contributed by atoms with Gasteiger partial charge in [-0.15, -0.1) is 0 Å². The Balaban J connectivity index is 1.75. The van der Waals surface area contributed by atoms with Crippen LogP contribution >= 0.6 is 0 Å². The molecule has 0 bridgehead atoms. The molecule has 2 rings (SSSR count). The Morgan fingerprint density at radius 1 is 1.42 bits per heavy atom. The monoisotopic (exact) mass is 258 g/mol.